The molecular weight excluding hydrogens is 553 g/mol. The van der Waals surface area contributed by atoms with Gasteiger partial charge in [0.2, 0.25) is 5.95 Å². The van der Waals surface area contributed by atoms with Crippen LogP contribution in [0.15, 0.2) is 73.2 Å². The maximum absolute atomic E-state index is 15.1. The second kappa shape index (κ2) is 11.8. The van der Waals surface area contributed by atoms with Gasteiger partial charge >= 0.3 is 0 Å². The molecule has 1 unspecified atom stereocenters. The predicted molar refractivity (Wildman–Crippen MR) is 157 cm³/mol. The van der Waals surface area contributed by atoms with E-state index in [4.69, 9.17) is 11.6 Å². The van der Waals surface area contributed by atoms with E-state index in [1.807, 2.05) is 30.3 Å². The first kappa shape index (κ1) is 25.9. The minimum atomic E-state index is -1.92. The van der Waals surface area contributed by atoms with Crippen molar-refractivity contribution in [1.29, 1.82) is 10.5 Å². The summed E-state index contributed by atoms with van der Waals surface area (Å²) in [5.74, 6) is -0.822. The third-order valence-corrected chi connectivity index (χ3v) is 7.38. The Labute approximate surface area is 248 Å². The van der Waals surface area contributed by atoms with Crippen molar-refractivity contribution in [2.75, 3.05) is 10.6 Å². The first-order chi connectivity index (χ1) is 20.9. The van der Waals surface area contributed by atoms with Crippen LogP contribution in [-0.4, -0.2) is 25.0 Å². The van der Waals surface area contributed by atoms with Gasteiger partial charge in [0, 0.05) is 35.5 Å². The third kappa shape index (κ3) is 5.58. The molecule has 2 N–H and O–H groups in total. The minimum Gasteiger partial charge on any atom is -0.377 e. The fourth-order valence-electron chi connectivity index (χ4n) is 4.86. The van der Waals surface area contributed by atoms with Crippen molar-refractivity contribution in [3.8, 4) is 12.1 Å². The highest BCUT2D eigenvalue weighted by molar-refractivity contribution is 6.35. The normalized spacial score (nSPS) is 15.2. The molecule has 0 spiro atoms. The van der Waals surface area contributed by atoms with Crippen molar-refractivity contribution in [3.63, 3.8) is 0 Å². The zero-order valence-electron chi connectivity index (χ0n) is 23.3. The number of hydrogen-bond donors (Lipinski definition) is 2. The van der Waals surface area contributed by atoms with Crippen LogP contribution in [0, 0.1) is 28.6 Å². The zero-order valence-corrected chi connectivity index (χ0v) is 23.1. The lowest BCUT2D eigenvalue weighted by Crippen LogP contribution is -2.16. The summed E-state index contributed by atoms with van der Waals surface area (Å²) < 4.78 is 26.3. The molecule has 1 aliphatic rings. The molecule has 0 radical (unpaired) electrons. The molecule has 0 amide bonds. The number of nitrogens with one attached hydrogen (secondary N) is 2. The van der Waals surface area contributed by atoms with Crippen LogP contribution in [0.1, 0.15) is 67.5 Å². The summed E-state index contributed by atoms with van der Waals surface area (Å²) in [5, 5.41) is 35.1. The number of benzene rings is 2. The van der Waals surface area contributed by atoms with Gasteiger partial charge in [-0.1, -0.05) is 53.2 Å². The van der Waals surface area contributed by atoms with E-state index in [1.54, 1.807) is 29.1 Å². The summed E-state index contributed by atoms with van der Waals surface area (Å²) in [4.78, 5) is 8.21. The van der Waals surface area contributed by atoms with E-state index in [9.17, 15) is 11.9 Å². The average molecular weight is 579 g/mol. The topological polar surface area (TPSA) is 128 Å². The number of halogens is 2. The highest BCUT2D eigenvalue weighted by atomic mass is 35.5. The molecule has 1 aliphatic carbocycles. The molecule has 2 atom stereocenters. The molecule has 6 rings (SSSR count). The Morgan fingerprint density at radius 3 is 2.69 bits per heavy atom. The van der Waals surface area contributed by atoms with Crippen LogP contribution in [0.3, 0.4) is 0 Å². The van der Waals surface area contributed by atoms with Crippen molar-refractivity contribution in [2.24, 2.45) is 0 Å². The lowest BCUT2D eigenvalue weighted by molar-refractivity contribution is 0.560. The van der Waals surface area contributed by atoms with E-state index in [-0.39, 0.29) is 33.9 Å². The number of fused-ring (bicyclic) bond motifs is 1. The maximum Gasteiger partial charge on any atom is 0.218 e. The second-order valence-electron chi connectivity index (χ2n) is 9.97. The van der Waals surface area contributed by atoms with E-state index in [0.717, 1.165) is 18.4 Å². The lowest BCUT2D eigenvalue weighted by atomic mass is 10.00. The third-order valence-electron chi connectivity index (χ3n) is 7.10. The number of nitrogens with zero attached hydrogens (tertiary/aromatic N) is 7. The maximum atomic E-state index is 15.1. The summed E-state index contributed by atoms with van der Waals surface area (Å²) in [6, 6.07) is 18.4. The van der Waals surface area contributed by atoms with Gasteiger partial charge in [0.15, 0.2) is 0 Å². The van der Waals surface area contributed by atoms with Gasteiger partial charge in [0.1, 0.15) is 17.8 Å². The Morgan fingerprint density at radius 1 is 1.12 bits per heavy atom. The second-order valence-corrected chi connectivity index (χ2v) is 10.4. The molecule has 3 aromatic heterocycles. The summed E-state index contributed by atoms with van der Waals surface area (Å²) in [5.41, 5.74) is 2.65. The average Bonchev–Trinajstić information content (AvgIpc) is 3.75. The first-order valence-corrected chi connectivity index (χ1v) is 13.8. The van der Waals surface area contributed by atoms with Crippen LogP contribution in [-0.2, 0) is 0 Å². The summed E-state index contributed by atoms with van der Waals surface area (Å²) in [7, 11) is 0. The molecule has 3 heterocycles. The Kier molecular flexibility index (Phi) is 7.28. The number of rotatable bonds is 10. The van der Waals surface area contributed by atoms with Crippen LogP contribution in [0.5, 0.6) is 0 Å². The van der Waals surface area contributed by atoms with Crippen molar-refractivity contribution in [1.82, 2.24) is 25.0 Å². The van der Waals surface area contributed by atoms with Gasteiger partial charge in [-0.15, -0.1) is 5.10 Å². The molecule has 0 aliphatic heterocycles. The van der Waals surface area contributed by atoms with Crippen molar-refractivity contribution >= 4 is 33.9 Å². The summed E-state index contributed by atoms with van der Waals surface area (Å²) in [6.07, 6.45) is 7.13. The Morgan fingerprint density at radius 2 is 1.95 bits per heavy atom. The van der Waals surface area contributed by atoms with Gasteiger partial charge in [0.25, 0.3) is 0 Å². The molecule has 0 bridgehead atoms. The molecular formula is C31H25ClFN9. The number of pyridine rings is 2. The molecule has 5 aromatic rings. The van der Waals surface area contributed by atoms with Crippen LogP contribution in [0.25, 0.3) is 10.9 Å². The fourth-order valence-corrected chi connectivity index (χ4v) is 5.13. The standard InChI is InChI=1S/C31H25ClFN9/c32-25-15-21(38-30(23-8-5-13-36-31(23)33)27-18-42(41-40-27)22-10-11-22)14-24-28(20(16-35)17-37-29(24)25)39-26(9-4-12-34)19-6-2-1-3-7-19/h1-3,5-8,13-15,17-18,22,26,30,38H,4,9-11H2,(H,37,39)/t26-,30?/m1/s1/i30D. The smallest absolute Gasteiger partial charge is 0.218 e. The van der Waals surface area contributed by atoms with Gasteiger partial charge in [0.05, 0.1) is 47.5 Å². The Balaban J connectivity index is 1.47. The Bertz CT molecular complexity index is 1880. The van der Waals surface area contributed by atoms with Crippen LogP contribution in [0.4, 0.5) is 15.8 Å². The fraction of sp³-hybridized carbons (Fsp3) is 0.226. The molecule has 9 nitrogen and oxygen atoms in total. The van der Waals surface area contributed by atoms with E-state index in [0.29, 0.717) is 35.1 Å². The van der Waals surface area contributed by atoms with Crippen LogP contribution in [0.2, 0.25) is 5.02 Å². The molecule has 208 valence electrons. The van der Waals surface area contributed by atoms with Gasteiger partial charge in [-0.3, -0.25) is 4.98 Å². The number of anilines is 2. The van der Waals surface area contributed by atoms with Gasteiger partial charge in [-0.2, -0.15) is 14.9 Å². The molecule has 42 heavy (non-hydrogen) atoms. The summed E-state index contributed by atoms with van der Waals surface area (Å²) in [6.45, 7) is 0. The Hall–Kier alpha value is -5.06. The molecule has 2 aromatic carbocycles. The van der Waals surface area contributed by atoms with Crippen molar-refractivity contribution in [3.05, 3.63) is 107 Å². The lowest BCUT2D eigenvalue weighted by Gasteiger charge is -2.23. The van der Waals surface area contributed by atoms with Gasteiger partial charge in [-0.25, -0.2) is 9.67 Å². The van der Waals surface area contributed by atoms with E-state index < -0.39 is 12.0 Å². The first-order valence-electron chi connectivity index (χ1n) is 13.9. The number of aromatic nitrogens is 5. The largest absolute Gasteiger partial charge is 0.377 e. The van der Waals surface area contributed by atoms with Crippen LogP contribution >= 0.6 is 11.6 Å². The highest BCUT2D eigenvalue weighted by Crippen LogP contribution is 2.38. The van der Waals surface area contributed by atoms with E-state index in [1.165, 1.54) is 18.5 Å². The van der Waals surface area contributed by atoms with Crippen molar-refractivity contribution < 1.29 is 5.76 Å². The predicted octanol–water partition coefficient (Wildman–Crippen LogP) is 6.88. The van der Waals surface area contributed by atoms with Gasteiger partial charge < -0.3 is 10.6 Å². The van der Waals surface area contributed by atoms with Crippen LogP contribution < -0.4 is 10.6 Å². The minimum absolute atomic E-state index is 0.0445. The highest BCUT2D eigenvalue weighted by Gasteiger charge is 2.28. The van der Waals surface area contributed by atoms with E-state index in [2.05, 4.69) is 43.1 Å². The number of hydrogen-bond acceptors (Lipinski definition) is 8. The number of nitriles is 2. The molecule has 1 fully saturated rings. The summed E-state index contributed by atoms with van der Waals surface area (Å²) >= 11 is 6.74. The molecule has 1 saturated carbocycles. The SMILES string of the molecule is [2H]C(Nc1cc(Cl)c2ncc(C#N)c(N[C@H](CCC#N)c3ccccc3)c2c1)(c1cn(C2CC2)nn1)c1cccnc1F. The van der Waals surface area contributed by atoms with Crippen molar-refractivity contribution in [2.45, 2.75) is 43.8 Å². The van der Waals surface area contributed by atoms with E-state index >= 15 is 4.39 Å². The monoisotopic (exact) mass is 578 g/mol. The zero-order chi connectivity index (χ0) is 30.0. The van der Waals surface area contributed by atoms with Gasteiger partial charge in [-0.05, 0) is 43.0 Å². The molecule has 0 saturated heterocycles. The quantitative estimate of drug-likeness (QED) is 0.172. The molecule has 11 heteroatoms.